The molecule has 4 aromatic rings. The van der Waals surface area contributed by atoms with Crippen LogP contribution in [0.2, 0.25) is 0 Å². The molecule has 0 fully saturated rings. The third kappa shape index (κ3) is 4.05. The normalized spacial score (nSPS) is 14.2. The van der Waals surface area contributed by atoms with Crippen molar-refractivity contribution in [2.45, 2.75) is 32.5 Å². The Morgan fingerprint density at radius 2 is 1.77 bits per heavy atom. The zero-order chi connectivity index (χ0) is 22.2. The first-order valence-electron chi connectivity index (χ1n) is 10.0. The van der Waals surface area contributed by atoms with E-state index in [2.05, 4.69) is 15.4 Å². The largest absolute Gasteiger partial charge is 0.390 e. The fourth-order valence-corrected chi connectivity index (χ4v) is 3.36. The third-order valence-electron chi connectivity index (χ3n) is 5.41. The van der Waals surface area contributed by atoms with Gasteiger partial charge in [0.15, 0.2) is 5.65 Å². The van der Waals surface area contributed by atoms with Crippen LogP contribution in [0, 0.1) is 6.92 Å². The molecule has 7 nitrogen and oxygen atoms in total. The lowest BCUT2D eigenvalue weighted by molar-refractivity contribution is -0.0569. The summed E-state index contributed by atoms with van der Waals surface area (Å²) in [5, 5.41) is 27.5. The lowest BCUT2D eigenvalue weighted by atomic mass is 9.90. The van der Waals surface area contributed by atoms with Gasteiger partial charge in [0.1, 0.15) is 11.4 Å². The standard InChI is InChI=1S/C24H24N4O3/c1-15-13-22-25-21(14-20(28(22)27-15)17-7-5-4-6-8-17)26-23(30)18-9-11-19(12-10-18)24(3,31)16(2)29/h4-14,16,29,31H,1-3H3,(H,25,26,30)/t16?,24-/m0/s1. The number of fused-ring (bicyclic) bond motifs is 1. The minimum Gasteiger partial charge on any atom is -0.390 e. The number of anilines is 1. The van der Waals surface area contributed by atoms with Crippen molar-refractivity contribution in [2.75, 3.05) is 5.32 Å². The fourth-order valence-electron chi connectivity index (χ4n) is 3.36. The van der Waals surface area contributed by atoms with Crippen molar-refractivity contribution in [3.8, 4) is 11.3 Å². The van der Waals surface area contributed by atoms with Crippen LogP contribution in [-0.2, 0) is 5.60 Å². The molecule has 0 saturated carbocycles. The Bertz CT molecular complexity index is 1230. The van der Waals surface area contributed by atoms with E-state index in [4.69, 9.17) is 0 Å². The van der Waals surface area contributed by atoms with Gasteiger partial charge in [-0.05, 0) is 38.5 Å². The van der Waals surface area contributed by atoms with Crippen LogP contribution in [-0.4, -0.2) is 36.8 Å². The molecule has 158 valence electrons. The number of carbonyl (C=O) groups is 1. The third-order valence-corrected chi connectivity index (χ3v) is 5.41. The number of hydrogen-bond donors (Lipinski definition) is 3. The summed E-state index contributed by atoms with van der Waals surface area (Å²) >= 11 is 0. The van der Waals surface area contributed by atoms with Gasteiger partial charge < -0.3 is 15.5 Å². The SMILES string of the molecule is Cc1cc2nc(NC(=O)c3ccc([C@@](C)(O)C(C)O)cc3)cc(-c3ccccc3)n2n1. The first-order chi connectivity index (χ1) is 14.8. The second kappa shape index (κ2) is 7.94. The monoisotopic (exact) mass is 416 g/mol. The fraction of sp³-hybridized carbons (Fsp3) is 0.208. The van der Waals surface area contributed by atoms with Crippen LogP contribution >= 0.6 is 0 Å². The van der Waals surface area contributed by atoms with Crippen molar-refractivity contribution in [3.63, 3.8) is 0 Å². The molecule has 2 heterocycles. The van der Waals surface area contributed by atoms with E-state index >= 15 is 0 Å². The summed E-state index contributed by atoms with van der Waals surface area (Å²) in [6.45, 7) is 4.95. The first-order valence-corrected chi connectivity index (χ1v) is 10.0. The highest BCUT2D eigenvalue weighted by molar-refractivity contribution is 6.04. The topological polar surface area (TPSA) is 99.8 Å². The number of aliphatic hydroxyl groups is 2. The van der Waals surface area contributed by atoms with Gasteiger partial charge in [0.2, 0.25) is 0 Å². The number of rotatable bonds is 5. The van der Waals surface area contributed by atoms with Crippen LogP contribution in [0.5, 0.6) is 0 Å². The number of aliphatic hydroxyl groups excluding tert-OH is 1. The molecule has 0 aliphatic carbocycles. The van der Waals surface area contributed by atoms with Crippen molar-refractivity contribution in [2.24, 2.45) is 0 Å². The molecule has 0 bridgehead atoms. The number of nitrogens with zero attached hydrogens (tertiary/aromatic N) is 3. The van der Waals surface area contributed by atoms with E-state index in [0.717, 1.165) is 17.0 Å². The Morgan fingerprint density at radius 3 is 2.42 bits per heavy atom. The van der Waals surface area contributed by atoms with Gasteiger partial charge in [-0.15, -0.1) is 0 Å². The van der Waals surface area contributed by atoms with Crippen LogP contribution < -0.4 is 5.32 Å². The molecule has 1 amide bonds. The van der Waals surface area contributed by atoms with Crippen molar-refractivity contribution >= 4 is 17.4 Å². The molecule has 0 radical (unpaired) electrons. The molecular weight excluding hydrogens is 392 g/mol. The quantitative estimate of drug-likeness (QED) is 0.462. The first kappa shape index (κ1) is 20.7. The second-order valence-electron chi connectivity index (χ2n) is 7.80. The van der Waals surface area contributed by atoms with Crippen LogP contribution in [0.3, 0.4) is 0 Å². The Labute approximate surface area is 180 Å². The van der Waals surface area contributed by atoms with Gasteiger partial charge in [0, 0.05) is 23.3 Å². The number of aromatic nitrogens is 3. The summed E-state index contributed by atoms with van der Waals surface area (Å²) in [7, 11) is 0. The van der Waals surface area contributed by atoms with Crippen molar-refractivity contribution in [1.82, 2.24) is 14.6 Å². The lowest BCUT2D eigenvalue weighted by Crippen LogP contribution is -2.34. The predicted octanol–water partition coefficient (Wildman–Crippen LogP) is 3.55. The van der Waals surface area contributed by atoms with E-state index in [-0.39, 0.29) is 5.91 Å². The molecule has 0 aliphatic rings. The lowest BCUT2D eigenvalue weighted by Gasteiger charge is -2.27. The van der Waals surface area contributed by atoms with E-state index < -0.39 is 11.7 Å². The molecule has 2 atom stereocenters. The Hall–Kier alpha value is -3.55. The summed E-state index contributed by atoms with van der Waals surface area (Å²) in [6, 6.07) is 19.9. The summed E-state index contributed by atoms with van der Waals surface area (Å²) in [6.07, 6.45) is -0.946. The molecule has 0 saturated heterocycles. The van der Waals surface area contributed by atoms with E-state index in [1.165, 1.54) is 13.8 Å². The van der Waals surface area contributed by atoms with E-state index in [1.807, 2.05) is 43.3 Å². The number of hydrogen-bond acceptors (Lipinski definition) is 5. The number of benzene rings is 2. The minimum absolute atomic E-state index is 0.324. The molecule has 1 unspecified atom stereocenters. The molecule has 3 N–H and O–H groups in total. The molecular formula is C24H24N4O3. The number of nitrogens with one attached hydrogen (secondary N) is 1. The van der Waals surface area contributed by atoms with Gasteiger partial charge in [-0.2, -0.15) is 5.10 Å². The second-order valence-corrected chi connectivity index (χ2v) is 7.80. The smallest absolute Gasteiger partial charge is 0.256 e. The summed E-state index contributed by atoms with van der Waals surface area (Å²) < 4.78 is 1.76. The number of carbonyl (C=O) groups excluding carboxylic acids is 1. The van der Waals surface area contributed by atoms with Gasteiger partial charge in [0.25, 0.3) is 5.91 Å². The Balaban J connectivity index is 1.65. The molecule has 0 aliphatic heterocycles. The zero-order valence-corrected chi connectivity index (χ0v) is 17.6. The minimum atomic E-state index is -1.40. The average molecular weight is 416 g/mol. The zero-order valence-electron chi connectivity index (χ0n) is 17.6. The highest BCUT2D eigenvalue weighted by Crippen LogP contribution is 2.26. The summed E-state index contributed by atoms with van der Waals surface area (Å²) in [5.74, 6) is 0.0895. The van der Waals surface area contributed by atoms with Gasteiger partial charge in [-0.3, -0.25) is 4.79 Å². The maximum Gasteiger partial charge on any atom is 0.256 e. The van der Waals surface area contributed by atoms with Crippen molar-refractivity contribution in [3.05, 3.63) is 83.6 Å². The van der Waals surface area contributed by atoms with Gasteiger partial charge in [0.05, 0.1) is 17.5 Å². The maximum absolute atomic E-state index is 12.8. The molecule has 2 aromatic heterocycles. The van der Waals surface area contributed by atoms with E-state index in [0.29, 0.717) is 22.6 Å². The molecule has 31 heavy (non-hydrogen) atoms. The number of amides is 1. The Kier molecular flexibility index (Phi) is 5.31. The molecule has 7 heteroatoms. The summed E-state index contributed by atoms with van der Waals surface area (Å²) in [5.41, 5.74) is 2.78. The highest BCUT2D eigenvalue weighted by atomic mass is 16.3. The maximum atomic E-state index is 12.8. The van der Waals surface area contributed by atoms with Gasteiger partial charge >= 0.3 is 0 Å². The van der Waals surface area contributed by atoms with Crippen LogP contribution in [0.1, 0.15) is 35.5 Å². The van der Waals surface area contributed by atoms with Gasteiger partial charge in [-0.1, -0.05) is 42.5 Å². The van der Waals surface area contributed by atoms with Gasteiger partial charge in [-0.25, -0.2) is 9.50 Å². The molecule has 0 spiro atoms. The highest BCUT2D eigenvalue weighted by Gasteiger charge is 2.29. The Morgan fingerprint density at radius 1 is 1.10 bits per heavy atom. The van der Waals surface area contributed by atoms with Crippen LogP contribution in [0.25, 0.3) is 16.9 Å². The predicted molar refractivity (Wildman–Crippen MR) is 119 cm³/mol. The van der Waals surface area contributed by atoms with Crippen molar-refractivity contribution < 1.29 is 15.0 Å². The van der Waals surface area contributed by atoms with E-state index in [9.17, 15) is 15.0 Å². The molecule has 2 aromatic carbocycles. The van der Waals surface area contributed by atoms with E-state index in [1.54, 1.807) is 34.8 Å². The molecule has 4 rings (SSSR count). The number of aryl methyl sites for hydroxylation is 1. The van der Waals surface area contributed by atoms with Crippen LogP contribution in [0.4, 0.5) is 5.82 Å². The average Bonchev–Trinajstić information content (AvgIpc) is 3.13. The summed E-state index contributed by atoms with van der Waals surface area (Å²) in [4.78, 5) is 17.3. The van der Waals surface area contributed by atoms with Crippen molar-refractivity contribution in [1.29, 1.82) is 0 Å². The van der Waals surface area contributed by atoms with Crippen LogP contribution in [0.15, 0.2) is 66.7 Å².